The summed E-state index contributed by atoms with van der Waals surface area (Å²) in [5, 5.41) is 1.96. The Labute approximate surface area is 129 Å². The maximum Gasteiger partial charge on any atom is 0.149 e. The van der Waals surface area contributed by atoms with Crippen LogP contribution < -0.4 is 10.6 Å². The van der Waals surface area contributed by atoms with Crippen molar-refractivity contribution in [3.05, 3.63) is 50.1 Å². The van der Waals surface area contributed by atoms with Gasteiger partial charge in [0.2, 0.25) is 0 Å². The highest BCUT2D eigenvalue weighted by molar-refractivity contribution is 9.11. The van der Waals surface area contributed by atoms with Crippen LogP contribution in [0.2, 0.25) is 0 Å². The second-order valence-electron chi connectivity index (χ2n) is 4.56. The number of hydrogen-bond acceptors (Lipinski definition) is 3. The number of hydrogen-bond donors (Lipinski definition) is 1. The number of nitrogens with two attached hydrogens (primary N) is 1. The fourth-order valence-corrected chi connectivity index (χ4v) is 3.28. The lowest BCUT2D eigenvalue weighted by molar-refractivity contribution is 0.573. The summed E-state index contributed by atoms with van der Waals surface area (Å²) in [6.07, 6.45) is 0.468. The van der Waals surface area contributed by atoms with Crippen molar-refractivity contribution in [1.82, 2.24) is 0 Å². The standard InChI is InChI=1S/C14H15BrF2N2S/c1-19(7-10-6-13(15)20-8-10)14-11(16)4-9(2-3-18)5-12(14)17/h4-6,8H,2-3,7,18H2,1H3. The molecule has 0 amide bonds. The van der Waals surface area contributed by atoms with Gasteiger partial charge in [0, 0.05) is 13.6 Å². The average Bonchev–Trinajstić information content (AvgIpc) is 2.74. The molecule has 0 bridgehead atoms. The fourth-order valence-electron chi connectivity index (χ4n) is 2.08. The van der Waals surface area contributed by atoms with E-state index in [2.05, 4.69) is 15.9 Å². The quantitative estimate of drug-likeness (QED) is 0.875. The normalized spacial score (nSPS) is 10.8. The maximum absolute atomic E-state index is 14.1. The number of benzene rings is 1. The van der Waals surface area contributed by atoms with Crippen molar-refractivity contribution in [2.75, 3.05) is 18.5 Å². The molecule has 2 rings (SSSR count). The van der Waals surface area contributed by atoms with Crippen molar-refractivity contribution in [3.8, 4) is 0 Å². The molecule has 0 atom stereocenters. The molecule has 1 aromatic heterocycles. The van der Waals surface area contributed by atoms with Crippen LogP contribution in [0.3, 0.4) is 0 Å². The lowest BCUT2D eigenvalue weighted by Crippen LogP contribution is -2.19. The molecule has 0 aliphatic heterocycles. The first-order valence-corrected chi connectivity index (χ1v) is 7.80. The van der Waals surface area contributed by atoms with Gasteiger partial charge in [-0.25, -0.2) is 8.78 Å². The Hall–Kier alpha value is -0.980. The van der Waals surface area contributed by atoms with Crippen LogP contribution in [-0.2, 0) is 13.0 Å². The first kappa shape index (κ1) is 15.4. The van der Waals surface area contributed by atoms with Crippen molar-refractivity contribution in [2.45, 2.75) is 13.0 Å². The number of anilines is 1. The zero-order valence-electron chi connectivity index (χ0n) is 11.0. The monoisotopic (exact) mass is 360 g/mol. The molecule has 0 fully saturated rings. The van der Waals surface area contributed by atoms with Gasteiger partial charge in [-0.2, -0.15) is 0 Å². The summed E-state index contributed by atoms with van der Waals surface area (Å²) >= 11 is 4.92. The largest absolute Gasteiger partial charge is 0.365 e. The highest BCUT2D eigenvalue weighted by Crippen LogP contribution is 2.27. The van der Waals surface area contributed by atoms with Crippen LogP contribution in [-0.4, -0.2) is 13.6 Å². The number of halogens is 3. The third-order valence-corrected chi connectivity index (χ3v) is 4.49. The topological polar surface area (TPSA) is 29.3 Å². The molecule has 2 nitrogen and oxygen atoms in total. The SMILES string of the molecule is CN(Cc1csc(Br)c1)c1c(F)cc(CCN)cc1F. The Morgan fingerprint density at radius 2 is 1.85 bits per heavy atom. The highest BCUT2D eigenvalue weighted by Gasteiger charge is 2.16. The van der Waals surface area contributed by atoms with Crippen molar-refractivity contribution in [3.63, 3.8) is 0 Å². The van der Waals surface area contributed by atoms with Crippen molar-refractivity contribution < 1.29 is 8.78 Å². The van der Waals surface area contributed by atoms with Crippen LogP contribution in [0.4, 0.5) is 14.5 Å². The Morgan fingerprint density at radius 3 is 2.35 bits per heavy atom. The van der Waals surface area contributed by atoms with Crippen LogP contribution in [0, 0.1) is 11.6 Å². The van der Waals surface area contributed by atoms with Gasteiger partial charge in [0.15, 0.2) is 0 Å². The number of rotatable bonds is 5. The zero-order valence-corrected chi connectivity index (χ0v) is 13.4. The van der Waals surface area contributed by atoms with Crippen molar-refractivity contribution in [1.29, 1.82) is 0 Å². The first-order valence-electron chi connectivity index (χ1n) is 6.13. The molecule has 1 aromatic carbocycles. The lowest BCUT2D eigenvalue weighted by Gasteiger charge is -2.20. The van der Waals surface area contributed by atoms with Crippen molar-refractivity contribution >= 4 is 33.0 Å². The molecule has 0 radical (unpaired) electrons. The van der Waals surface area contributed by atoms with E-state index in [0.29, 0.717) is 25.1 Å². The molecule has 2 N–H and O–H groups in total. The molecule has 0 saturated heterocycles. The number of thiophene rings is 1. The van der Waals surface area contributed by atoms with E-state index < -0.39 is 11.6 Å². The van der Waals surface area contributed by atoms with Crippen LogP contribution in [0.15, 0.2) is 27.4 Å². The van der Waals surface area contributed by atoms with Gasteiger partial charge < -0.3 is 10.6 Å². The summed E-state index contributed by atoms with van der Waals surface area (Å²) in [6.45, 7) is 0.823. The Kier molecular flexibility index (Phi) is 5.12. The van der Waals surface area contributed by atoms with E-state index in [1.54, 1.807) is 23.3 Å². The second-order valence-corrected chi connectivity index (χ2v) is 6.85. The van der Waals surface area contributed by atoms with E-state index >= 15 is 0 Å². The van der Waals surface area contributed by atoms with Gasteiger partial charge in [-0.3, -0.25) is 0 Å². The molecule has 20 heavy (non-hydrogen) atoms. The van der Waals surface area contributed by atoms with Gasteiger partial charge in [0.05, 0.1) is 3.79 Å². The predicted molar refractivity (Wildman–Crippen MR) is 83.2 cm³/mol. The molecule has 6 heteroatoms. The minimum atomic E-state index is -0.551. The van der Waals surface area contributed by atoms with Gasteiger partial charge in [-0.15, -0.1) is 11.3 Å². The Bertz CT molecular complexity index is 578. The van der Waals surface area contributed by atoms with Crippen molar-refractivity contribution in [2.24, 2.45) is 5.73 Å². The second kappa shape index (κ2) is 6.65. The molecule has 2 aromatic rings. The molecule has 108 valence electrons. The van der Waals surface area contributed by atoms with Gasteiger partial charge in [0.25, 0.3) is 0 Å². The summed E-state index contributed by atoms with van der Waals surface area (Å²) in [5.74, 6) is -1.10. The zero-order chi connectivity index (χ0) is 14.7. The predicted octanol–water partition coefficient (Wildman–Crippen LogP) is 3.93. The Balaban J connectivity index is 2.23. The third-order valence-electron chi connectivity index (χ3n) is 2.93. The summed E-state index contributed by atoms with van der Waals surface area (Å²) in [4.78, 5) is 1.57. The van der Waals surface area contributed by atoms with Crippen LogP contribution in [0.25, 0.3) is 0 Å². The average molecular weight is 361 g/mol. The van der Waals surface area contributed by atoms with E-state index in [4.69, 9.17) is 5.73 Å². The smallest absolute Gasteiger partial charge is 0.149 e. The van der Waals surface area contributed by atoms with E-state index in [1.165, 1.54) is 12.1 Å². The highest BCUT2D eigenvalue weighted by atomic mass is 79.9. The molecule has 0 unspecified atom stereocenters. The van der Waals surface area contributed by atoms with E-state index in [-0.39, 0.29) is 5.69 Å². The number of nitrogens with zero attached hydrogens (tertiary/aromatic N) is 1. The van der Waals surface area contributed by atoms with Crippen LogP contribution in [0.1, 0.15) is 11.1 Å². The molecule has 1 heterocycles. The summed E-state index contributed by atoms with van der Waals surface area (Å²) < 4.78 is 29.1. The maximum atomic E-state index is 14.1. The molecule has 0 spiro atoms. The molecular formula is C14H15BrF2N2S. The summed E-state index contributed by atoms with van der Waals surface area (Å²) in [6, 6.07) is 4.65. The van der Waals surface area contributed by atoms with Gasteiger partial charge in [-0.05, 0) is 63.6 Å². The van der Waals surface area contributed by atoms with Crippen LogP contribution in [0.5, 0.6) is 0 Å². The van der Waals surface area contributed by atoms with Gasteiger partial charge >= 0.3 is 0 Å². The minimum Gasteiger partial charge on any atom is -0.365 e. The molecule has 0 aliphatic carbocycles. The fraction of sp³-hybridized carbons (Fsp3) is 0.286. The molecule has 0 saturated carbocycles. The minimum absolute atomic E-state index is 0.00639. The van der Waals surface area contributed by atoms with Crippen LogP contribution >= 0.6 is 27.3 Å². The first-order chi connectivity index (χ1) is 9.51. The van der Waals surface area contributed by atoms with E-state index in [9.17, 15) is 8.78 Å². The van der Waals surface area contributed by atoms with E-state index in [0.717, 1.165) is 9.35 Å². The van der Waals surface area contributed by atoms with E-state index in [1.807, 2.05) is 11.4 Å². The summed E-state index contributed by atoms with van der Waals surface area (Å²) in [5.41, 5.74) is 6.99. The summed E-state index contributed by atoms with van der Waals surface area (Å²) in [7, 11) is 1.68. The van der Waals surface area contributed by atoms with Gasteiger partial charge in [-0.1, -0.05) is 0 Å². The Morgan fingerprint density at radius 1 is 1.20 bits per heavy atom. The lowest BCUT2D eigenvalue weighted by atomic mass is 10.1. The molecule has 0 aliphatic rings. The van der Waals surface area contributed by atoms with Gasteiger partial charge in [0.1, 0.15) is 17.3 Å². The third kappa shape index (κ3) is 3.56. The molecular weight excluding hydrogens is 346 g/mol.